The number of benzene rings is 2. The van der Waals surface area contributed by atoms with E-state index in [4.69, 9.17) is 10.8 Å². The van der Waals surface area contributed by atoms with E-state index >= 15 is 0 Å². The number of nitrogens with zero attached hydrogens (tertiary/aromatic N) is 3. The van der Waals surface area contributed by atoms with Crippen LogP contribution in [-0.4, -0.2) is 14.6 Å². The fourth-order valence-corrected chi connectivity index (χ4v) is 2.64. The zero-order valence-corrected chi connectivity index (χ0v) is 12.3. The highest BCUT2D eigenvalue weighted by atomic mass is 15.4. The van der Waals surface area contributed by atoms with Crippen molar-refractivity contribution in [2.45, 2.75) is 0 Å². The van der Waals surface area contributed by atoms with Crippen molar-refractivity contribution in [3.05, 3.63) is 72.9 Å². The lowest BCUT2D eigenvalue weighted by atomic mass is 10.1. The standard InChI is InChI=1S/C18H15N5/c19-22-17-11-16(14-9-5-2-6-10-14)21-18-15(12-20-23(17)18)13-7-3-1-4-8-13/h1-12,22H,19H2. The van der Waals surface area contributed by atoms with E-state index in [1.807, 2.05) is 72.9 Å². The molecular formula is C18H15N5. The second-order valence-corrected chi connectivity index (χ2v) is 5.20. The maximum Gasteiger partial charge on any atom is 0.165 e. The normalized spacial score (nSPS) is 10.8. The van der Waals surface area contributed by atoms with Crippen molar-refractivity contribution >= 4 is 11.5 Å². The Morgan fingerprint density at radius 2 is 1.52 bits per heavy atom. The van der Waals surface area contributed by atoms with Crippen molar-refractivity contribution < 1.29 is 0 Å². The Kier molecular flexibility index (Phi) is 3.25. The van der Waals surface area contributed by atoms with Crippen LogP contribution in [0.15, 0.2) is 72.9 Å². The molecule has 0 radical (unpaired) electrons. The number of nitrogen functional groups attached to an aromatic ring is 1. The maximum atomic E-state index is 5.67. The van der Waals surface area contributed by atoms with E-state index in [0.29, 0.717) is 5.82 Å². The quantitative estimate of drug-likeness (QED) is 0.450. The first-order chi connectivity index (χ1) is 11.4. The zero-order chi connectivity index (χ0) is 15.6. The monoisotopic (exact) mass is 301 g/mol. The number of nitrogens with one attached hydrogen (secondary N) is 1. The maximum absolute atomic E-state index is 5.67. The summed E-state index contributed by atoms with van der Waals surface area (Å²) >= 11 is 0. The summed E-state index contributed by atoms with van der Waals surface area (Å²) in [6.45, 7) is 0. The highest BCUT2D eigenvalue weighted by Crippen LogP contribution is 2.28. The first-order valence-electron chi connectivity index (χ1n) is 7.33. The van der Waals surface area contributed by atoms with Crippen LogP contribution in [0.1, 0.15) is 0 Å². The van der Waals surface area contributed by atoms with Crippen molar-refractivity contribution in [2.24, 2.45) is 5.84 Å². The van der Waals surface area contributed by atoms with Crippen molar-refractivity contribution in [2.75, 3.05) is 5.43 Å². The molecule has 0 amide bonds. The van der Waals surface area contributed by atoms with Gasteiger partial charge in [0.25, 0.3) is 0 Å². The van der Waals surface area contributed by atoms with Crippen LogP contribution in [0.5, 0.6) is 0 Å². The summed E-state index contributed by atoms with van der Waals surface area (Å²) in [5, 5.41) is 4.41. The van der Waals surface area contributed by atoms with Crippen LogP contribution < -0.4 is 11.3 Å². The van der Waals surface area contributed by atoms with E-state index in [-0.39, 0.29) is 0 Å². The van der Waals surface area contributed by atoms with Gasteiger partial charge < -0.3 is 5.43 Å². The average Bonchev–Trinajstić information content (AvgIpc) is 3.06. The minimum Gasteiger partial charge on any atom is -0.308 e. The second-order valence-electron chi connectivity index (χ2n) is 5.20. The minimum atomic E-state index is 0.691. The molecule has 0 bridgehead atoms. The third-order valence-electron chi connectivity index (χ3n) is 3.77. The number of rotatable bonds is 3. The molecule has 3 N–H and O–H groups in total. The Hall–Kier alpha value is -3.18. The first kappa shape index (κ1) is 13.5. The average molecular weight is 301 g/mol. The Balaban J connectivity index is 1.98. The molecule has 4 rings (SSSR count). The zero-order valence-electron chi connectivity index (χ0n) is 12.3. The minimum absolute atomic E-state index is 0.691. The van der Waals surface area contributed by atoms with Gasteiger partial charge in [-0.2, -0.15) is 9.61 Å². The molecule has 2 aromatic heterocycles. The lowest BCUT2D eigenvalue weighted by Gasteiger charge is -2.08. The van der Waals surface area contributed by atoms with Crippen LogP contribution in [0.2, 0.25) is 0 Å². The summed E-state index contributed by atoms with van der Waals surface area (Å²) in [5.74, 6) is 6.36. The van der Waals surface area contributed by atoms with E-state index in [1.54, 1.807) is 4.52 Å². The van der Waals surface area contributed by atoms with Gasteiger partial charge in [0.1, 0.15) is 5.82 Å². The molecule has 2 aromatic carbocycles. The molecule has 0 atom stereocenters. The summed E-state index contributed by atoms with van der Waals surface area (Å²) in [6.07, 6.45) is 1.81. The molecule has 2 heterocycles. The molecule has 0 unspecified atom stereocenters. The molecule has 0 saturated carbocycles. The molecule has 23 heavy (non-hydrogen) atoms. The van der Waals surface area contributed by atoms with Crippen LogP contribution >= 0.6 is 0 Å². The fraction of sp³-hybridized carbons (Fsp3) is 0. The van der Waals surface area contributed by atoms with Crippen molar-refractivity contribution in [3.8, 4) is 22.4 Å². The largest absolute Gasteiger partial charge is 0.308 e. The van der Waals surface area contributed by atoms with Gasteiger partial charge in [-0.25, -0.2) is 10.8 Å². The van der Waals surface area contributed by atoms with Gasteiger partial charge in [0, 0.05) is 17.2 Å². The predicted molar refractivity (Wildman–Crippen MR) is 91.7 cm³/mol. The van der Waals surface area contributed by atoms with Crippen LogP contribution in [0.25, 0.3) is 28.0 Å². The third-order valence-corrected chi connectivity index (χ3v) is 3.77. The van der Waals surface area contributed by atoms with Gasteiger partial charge in [0.2, 0.25) is 0 Å². The molecule has 0 spiro atoms. The summed E-state index contributed by atoms with van der Waals surface area (Å²) in [5.41, 5.74) is 7.40. The number of aromatic nitrogens is 3. The molecule has 0 aliphatic heterocycles. The Morgan fingerprint density at radius 1 is 0.870 bits per heavy atom. The number of hydrazine groups is 1. The van der Waals surface area contributed by atoms with Gasteiger partial charge in [-0.1, -0.05) is 60.7 Å². The number of nitrogens with two attached hydrogens (primary N) is 1. The summed E-state index contributed by atoms with van der Waals surface area (Å²) in [7, 11) is 0. The number of fused-ring (bicyclic) bond motifs is 1. The summed E-state index contributed by atoms with van der Waals surface area (Å²) in [6, 6.07) is 22.0. The number of hydrogen-bond donors (Lipinski definition) is 2. The van der Waals surface area contributed by atoms with Crippen LogP contribution in [-0.2, 0) is 0 Å². The predicted octanol–water partition coefficient (Wildman–Crippen LogP) is 3.35. The van der Waals surface area contributed by atoms with Gasteiger partial charge >= 0.3 is 0 Å². The van der Waals surface area contributed by atoms with E-state index in [1.165, 1.54) is 0 Å². The van der Waals surface area contributed by atoms with Gasteiger partial charge in [-0.15, -0.1) is 0 Å². The van der Waals surface area contributed by atoms with Crippen LogP contribution in [0, 0.1) is 0 Å². The van der Waals surface area contributed by atoms with Gasteiger partial charge in [0.15, 0.2) is 5.65 Å². The highest BCUT2D eigenvalue weighted by Gasteiger charge is 2.13. The molecule has 0 aliphatic carbocycles. The second kappa shape index (κ2) is 5.55. The van der Waals surface area contributed by atoms with Crippen LogP contribution in [0.4, 0.5) is 5.82 Å². The van der Waals surface area contributed by atoms with Gasteiger partial charge in [0.05, 0.1) is 11.9 Å². The van der Waals surface area contributed by atoms with Gasteiger partial charge in [-0.05, 0) is 5.56 Å². The Labute approximate surface area is 133 Å². The lowest BCUT2D eigenvalue weighted by Crippen LogP contribution is -2.12. The van der Waals surface area contributed by atoms with Crippen LogP contribution in [0.3, 0.4) is 0 Å². The number of hydrogen-bond acceptors (Lipinski definition) is 4. The lowest BCUT2D eigenvalue weighted by molar-refractivity contribution is 0.937. The molecule has 0 fully saturated rings. The molecule has 0 saturated heterocycles. The molecule has 5 nitrogen and oxygen atoms in total. The molecule has 112 valence electrons. The number of anilines is 1. The summed E-state index contributed by atoms with van der Waals surface area (Å²) < 4.78 is 1.72. The molecule has 5 heteroatoms. The van der Waals surface area contributed by atoms with Crippen molar-refractivity contribution in [1.82, 2.24) is 14.6 Å². The molecular weight excluding hydrogens is 286 g/mol. The van der Waals surface area contributed by atoms with Gasteiger partial charge in [-0.3, -0.25) is 0 Å². The topological polar surface area (TPSA) is 68.2 Å². The smallest absolute Gasteiger partial charge is 0.165 e. The third kappa shape index (κ3) is 2.33. The fourth-order valence-electron chi connectivity index (χ4n) is 2.64. The Morgan fingerprint density at radius 3 is 2.17 bits per heavy atom. The molecule has 4 aromatic rings. The van der Waals surface area contributed by atoms with E-state index < -0.39 is 0 Å². The van der Waals surface area contributed by atoms with E-state index in [0.717, 1.165) is 28.0 Å². The van der Waals surface area contributed by atoms with Crippen molar-refractivity contribution in [1.29, 1.82) is 0 Å². The Bertz CT molecular complexity index is 945. The van der Waals surface area contributed by atoms with E-state index in [2.05, 4.69) is 10.5 Å². The SMILES string of the molecule is NNc1cc(-c2ccccc2)nc2c(-c3ccccc3)cnn12. The molecule has 0 aliphatic rings. The first-order valence-corrected chi connectivity index (χ1v) is 7.33. The summed E-state index contributed by atoms with van der Waals surface area (Å²) in [4.78, 5) is 4.80. The highest BCUT2D eigenvalue weighted by molar-refractivity contribution is 5.80. The van der Waals surface area contributed by atoms with E-state index in [9.17, 15) is 0 Å². The van der Waals surface area contributed by atoms with Crippen molar-refractivity contribution in [3.63, 3.8) is 0 Å².